The molecule has 1 heterocycles. The maximum absolute atomic E-state index is 13.1. The number of halogens is 3. The van der Waals surface area contributed by atoms with Crippen LogP contribution in [0.15, 0.2) is 35.1 Å². The second-order valence-corrected chi connectivity index (χ2v) is 5.29. The van der Waals surface area contributed by atoms with E-state index in [-0.39, 0.29) is 11.8 Å². The molecule has 0 fully saturated rings. The third-order valence-corrected chi connectivity index (χ3v) is 3.30. The number of benzene rings is 1. The Morgan fingerprint density at radius 3 is 2.54 bits per heavy atom. The van der Waals surface area contributed by atoms with Gasteiger partial charge < -0.3 is 10.1 Å². The molecule has 1 amide bonds. The number of non-ortho nitro benzene ring substituents is 1. The molecule has 13 heteroatoms. The van der Waals surface area contributed by atoms with Gasteiger partial charge in [-0.15, -0.1) is 0 Å². The van der Waals surface area contributed by atoms with Gasteiger partial charge in [0, 0.05) is 25.2 Å². The minimum Gasteiger partial charge on any atom is -0.451 e. The van der Waals surface area contributed by atoms with Gasteiger partial charge >= 0.3 is 12.1 Å². The lowest BCUT2D eigenvalue weighted by Gasteiger charge is -2.13. The number of hydrogen-bond donors (Lipinski definition) is 1. The second-order valence-electron chi connectivity index (χ2n) is 5.29. The fourth-order valence-electron chi connectivity index (χ4n) is 1.99. The van der Waals surface area contributed by atoms with Crippen molar-refractivity contribution in [3.63, 3.8) is 0 Å². The number of aromatic nitrogens is 2. The van der Waals surface area contributed by atoms with Gasteiger partial charge in [0.15, 0.2) is 12.3 Å². The van der Waals surface area contributed by atoms with Gasteiger partial charge in [0.2, 0.25) is 0 Å². The molecule has 0 aliphatic heterocycles. The maximum Gasteiger partial charge on any atom is 0.418 e. The van der Waals surface area contributed by atoms with Crippen LogP contribution in [-0.4, -0.2) is 33.2 Å². The summed E-state index contributed by atoms with van der Waals surface area (Å²) >= 11 is 0. The Bertz CT molecular complexity index is 1000. The quantitative estimate of drug-likeness (QED) is 0.457. The predicted molar refractivity (Wildman–Crippen MR) is 86.5 cm³/mol. The molecule has 1 aromatic heterocycles. The van der Waals surface area contributed by atoms with Crippen LogP contribution in [-0.2, 0) is 22.8 Å². The van der Waals surface area contributed by atoms with Crippen molar-refractivity contribution in [3.8, 4) is 0 Å². The smallest absolute Gasteiger partial charge is 0.418 e. The summed E-state index contributed by atoms with van der Waals surface area (Å²) in [7, 11) is 1.28. The number of ether oxygens (including phenoxy) is 1. The van der Waals surface area contributed by atoms with Crippen LogP contribution in [0.3, 0.4) is 0 Å². The number of esters is 1. The van der Waals surface area contributed by atoms with Crippen LogP contribution >= 0.6 is 0 Å². The molecule has 0 saturated carbocycles. The summed E-state index contributed by atoms with van der Waals surface area (Å²) in [6, 6.07) is 3.87. The lowest BCUT2D eigenvalue weighted by atomic mass is 10.1. The standard InChI is InChI=1S/C15H11F3N4O6/c1-21-13(24)5-4-11(20-21)14(25)28-7-12(23)19-10-3-2-8(22(26)27)6-9(10)15(16,17)18/h2-6H,7H2,1H3,(H,19,23). The van der Waals surface area contributed by atoms with Gasteiger partial charge in [0.25, 0.3) is 17.2 Å². The summed E-state index contributed by atoms with van der Waals surface area (Å²) in [5, 5.41) is 16.1. The first-order valence-corrected chi connectivity index (χ1v) is 7.36. The molecule has 10 nitrogen and oxygen atoms in total. The Hall–Kier alpha value is -3.77. The lowest BCUT2D eigenvalue weighted by Crippen LogP contribution is -2.25. The largest absolute Gasteiger partial charge is 0.451 e. The highest BCUT2D eigenvalue weighted by molar-refractivity contribution is 5.95. The van der Waals surface area contributed by atoms with E-state index in [2.05, 4.69) is 9.84 Å². The van der Waals surface area contributed by atoms with Gasteiger partial charge in [-0.05, 0) is 12.1 Å². The first-order valence-electron chi connectivity index (χ1n) is 7.36. The number of rotatable bonds is 5. The van der Waals surface area contributed by atoms with E-state index in [1.54, 1.807) is 0 Å². The normalized spacial score (nSPS) is 11.0. The van der Waals surface area contributed by atoms with Gasteiger partial charge in [-0.1, -0.05) is 0 Å². The Morgan fingerprint density at radius 1 is 1.29 bits per heavy atom. The second kappa shape index (κ2) is 7.85. The molecule has 0 aliphatic rings. The van der Waals surface area contributed by atoms with Gasteiger partial charge in [0.05, 0.1) is 16.2 Å². The Balaban J connectivity index is 2.10. The number of nitro benzene ring substituents is 1. The van der Waals surface area contributed by atoms with Gasteiger partial charge in [0.1, 0.15) is 0 Å². The molecule has 0 atom stereocenters. The highest BCUT2D eigenvalue weighted by Gasteiger charge is 2.35. The van der Waals surface area contributed by atoms with Crippen molar-refractivity contribution in [2.24, 2.45) is 7.05 Å². The summed E-state index contributed by atoms with van der Waals surface area (Å²) in [6.45, 7) is -0.947. The molecule has 2 rings (SSSR count). The van der Waals surface area contributed by atoms with Crippen molar-refractivity contribution in [3.05, 3.63) is 62.1 Å². The molecule has 0 radical (unpaired) electrons. The zero-order chi connectivity index (χ0) is 21.1. The van der Waals surface area contributed by atoms with Crippen LogP contribution in [0.2, 0.25) is 0 Å². The number of nitrogens with one attached hydrogen (secondary N) is 1. The zero-order valence-corrected chi connectivity index (χ0v) is 14.0. The number of nitrogens with zero attached hydrogens (tertiary/aromatic N) is 3. The molecule has 0 aliphatic carbocycles. The van der Waals surface area contributed by atoms with E-state index in [0.29, 0.717) is 0 Å². The first-order chi connectivity index (χ1) is 13.0. The Kier molecular flexibility index (Phi) is 5.76. The number of anilines is 1. The summed E-state index contributed by atoms with van der Waals surface area (Å²) in [5.74, 6) is -2.19. The highest BCUT2D eigenvalue weighted by Crippen LogP contribution is 2.37. The van der Waals surface area contributed by atoms with E-state index in [9.17, 15) is 37.7 Å². The minimum atomic E-state index is -4.97. The molecule has 0 spiro atoms. The van der Waals surface area contributed by atoms with Crippen LogP contribution < -0.4 is 10.9 Å². The summed E-state index contributed by atoms with van der Waals surface area (Å²) < 4.78 is 44.6. The topological polar surface area (TPSA) is 133 Å². The molecule has 0 saturated heterocycles. The molecule has 0 bridgehead atoms. The molecule has 1 aromatic carbocycles. The van der Waals surface area contributed by atoms with E-state index < -0.39 is 52.1 Å². The molecular formula is C15H11F3N4O6. The number of hydrogen-bond acceptors (Lipinski definition) is 7. The van der Waals surface area contributed by atoms with Crippen molar-refractivity contribution in [2.45, 2.75) is 6.18 Å². The monoisotopic (exact) mass is 400 g/mol. The summed E-state index contributed by atoms with van der Waals surface area (Å²) in [4.78, 5) is 44.4. The number of amides is 1. The number of nitro groups is 1. The number of aryl methyl sites for hydroxylation is 1. The van der Waals surface area contributed by atoms with Crippen LogP contribution in [0.4, 0.5) is 24.5 Å². The molecule has 2 aromatic rings. The van der Waals surface area contributed by atoms with Gasteiger partial charge in [-0.2, -0.15) is 18.3 Å². The SMILES string of the molecule is Cn1nc(C(=O)OCC(=O)Nc2ccc([N+](=O)[O-])cc2C(F)(F)F)ccc1=O. The molecule has 148 valence electrons. The summed E-state index contributed by atoms with van der Waals surface area (Å²) in [5.41, 5.74) is -3.76. The van der Waals surface area contributed by atoms with Crippen molar-refractivity contribution < 1.29 is 32.4 Å². The van der Waals surface area contributed by atoms with Crippen LogP contribution in [0.5, 0.6) is 0 Å². The Labute approximate surface area is 153 Å². The Morgan fingerprint density at radius 2 is 1.96 bits per heavy atom. The van der Waals surface area contributed by atoms with Gasteiger partial charge in [-0.25, -0.2) is 9.48 Å². The average Bonchev–Trinajstić information content (AvgIpc) is 2.61. The molecule has 28 heavy (non-hydrogen) atoms. The molecule has 1 N–H and O–H groups in total. The van der Waals surface area contributed by atoms with E-state index >= 15 is 0 Å². The number of carbonyl (C=O) groups excluding carboxylic acids is 2. The number of alkyl halides is 3. The third-order valence-electron chi connectivity index (χ3n) is 3.30. The van der Waals surface area contributed by atoms with Gasteiger partial charge in [-0.3, -0.25) is 19.7 Å². The van der Waals surface area contributed by atoms with Crippen molar-refractivity contribution >= 4 is 23.3 Å². The van der Waals surface area contributed by atoms with Crippen molar-refractivity contribution in [1.29, 1.82) is 0 Å². The maximum atomic E-state index is 13.1. The van der Waals surface area contributed by atoms with Crippen molar-refractivity contribution in [1.82, 2.24) is 9.78 Å². The van der Waals surface area contributed by atoms with Crippen LogP contribution in [0, 0.1) is 10.1 Å². The third kappa shape index (κ3) is 4.90. The van der Waals surface area contributed by atoms with E-state index in [4.69, 9.17) is 0 Å². The molecular weight excluding hydrogens is 389 g/mol. The van der Waals surface area contributed by atoms with Crippen LogP contribution in [0.25, 0.3) is 0 Å². The minimum absolute atomic E-state index is 0.274. The fraction of sp³-hybridized carbons (Fsp3) is 0.200. The lowest BCUT2D eigenvalue weighted by molar-refractivity contribution is -0.385. The number of carbonyl (C=O) groups is 2. The summed E-state index contributed by atoms with van der Waals surface area (Å²) in [6.07, 6.45) is -4.97. The van der Waals surface area contributed by atoms with Crippen molar-refractivity contribution in [2.75, 3.05) is 11.9 Å². The fourth-order valence-corrected chi connectivity index (χ4v) is 1.99. The van der Waals surface area contributed by atoms with E-state index in [1.807, 2.05) is 5.32 Å². The average molecular weight is 400 g/mol. The highest BCUT2D eigenvalue weighted by atomic mass is 19.4. The predicted octanol–water partition coefficient (Wildman–Crippen LogP) is 1.50. The molecule has 0 unspecified atom stereocenters. The first kappa shape index (κ1) is 20.5. The van der Waals surface area contributed by atoms with E-state index in [1.165, 1.54) is 7.05 Å². The zero-order valence-electron chi connectivity index (χ0n) is 14.0. The van der Waals surface area contributed by atoms with E-state index in [0.717, 1.165) is 28.9 Å². The van der Waals surface area contributed by atoms with Crippen LogP contribution in [0.1, 0.15) is 16.1 Å².